The third kappa shape index (κ3) is 7.33. The van der Waals surface area contributed by atoms with Gasteiger partial charge in [-0.2, -0.15) is 0 Å². The molecule has 0 aromatic carbocycles. The van der Waals surface area contributed by atoms with Gasteiger partial charge in [-0.15, -0.1) is 10.2 Å². The minimum atomic E-state index is -0.591. The molecule has 0 fully saturated rings. The van der Waals surface area contributed by atoms with E-state index in [9.17, 15) is 9.59 Å². The molecular weight excluding hydrogens is 344 g/mol. The van der Waals surface area contributed by atoms with Crippen LogP contribution in [0, 0.1) is 5.92 Å². The maximum Gasteiger partial charge on any atom is 0.408 e. The average molecular weight is 372 g/mol. The van der Waals surface area contributed by atoms with Crippen LogP contribution in [0.1, 0.15) is 53.0 Å². The number of carbonyl (C=O) groups excluding carboxylic acids is 2. The number of aromatic nitrogens is 2. The van der Waals surface area contributed by atoms with E-state index < -0.39 is 17.7 Å². The Kier molecular flexibility index (Phi) is 7.72. The van der Waals surface area contributed by atoms with Crippen LogP contribution in [-0.2, 0) is 9.53 Å². The summed E-state index contributed by atoms with van der Waals surface area (Å²) in [4.78, 5) is 25.2. The Morgan fingerprint density at radius 2 is 1.96 bits per heavy atom. The summed E-state index contributed by atoms with van der Waals surface area (Å²) in [6.45, 7) is 9.39. The van der Waals surface area contributed by atoms with E-state index in [1.54, 1.807) is 34.9 Å². The molecule has 1 N–H and O–H groups in total. The first kappa shape index (κ1) is 21.3. The van der Waals surface area contributed by atoms with E-state index >= 15 is 0 Å². The highest BCUT2D eigenvalue weighted by Gasteiger charge is 2.28. The highest BCUT2D eigenvalue weighted by molar-refractivity contribution is 7.99. The van der Waals surface area contributed by atoms with Gasteiger partial charge in [0.15, 0.2) is 0 Å². The van der Waals surface area contributed by atoms with E-state index in [4.69, 9.17) is 9.15 Å². The van der Waals surface area contributed by atoms with Crippen LogP contribution in [0.25, 0.3) is 0 Å². The fraction of sp³-hybridized carbons (Fsp3) is 0.750. The largest absolute Gasteiger partial charge is 0.444 e. The summed E-state index contributed by atoms with van der Waals surface area (Å²) in [5, 5.41) is 11.1. The van der Waals surface area contributed by atoms with Crippen molar-refractivity contribution in [2.24, 2.45) is 5.92 Å². The number of hydrogen-bond acceptors (Lipinski definition) is 7. The molecule has 1 rings (SSSR count). The summed E-state index contributed by atoms with van der Waals surface area (Å²) in [5.41, 5.74) is -0.591. The molecule has 0 radical (unpaired) electrons. The summed E-state index contributed by atoms with van der Waals surface area (Å²) in [6, 6.07) is -0.453. The molecule has 0 bridgehead atoms. The second-order valence-corrected chi connectivity index (χ2v) is 7.92. The number of nitrogens with zero attached hydrogens (tertiary/aromatic N) is 3. The second-order valence-electron chi connectivity index (χ2n) is 6.99. The van der Waals surface area contributed by atoms with Crippen LogP contribution in [-0.4, -0.2) is 52.5 Å². The normalized spacial score (nSPS) is 13.9. The van der Waals surface area contributed by atoms with Crippen molar-refractivity contribution in [2.75, 3.05) is 19.8 Å². The van der Waals surface area contributed by atoms with E-state index in [1.165, 1.54) is 16.7 Å². The molecule has 0 saturated heterocycles. The van der Waals surface area contributed by atoms with E-state index in [0.29, 0.717) is 11.1 Å². The summed E-state index contributed by atoms with van der Waals surface area (Å²) in [6.07, 6.45) is 0.276. The number of ether oxygens (including phenoxy) is 1. The van der Waals surface area contributed by atoms with Crippen LogP contribution in [0.5, 0.6) is 0 Å². The molecule has 1 aromatic heterocycles. The van der Waals surface area contributed by atoms with Crippen LogP contribution in [0.3, 0.4) is 0 Å². The predicted molar refractivity (Wildman–Crippen MR) is 95.3 cm³/mol. The van der Waals surface area contributed by atoms with Gasteiger partial charge in [-0.1, -0.05) is 32.0 Å². The number of alkyl carbamates (subject to hydrolysis) is 1. The fourth-order valence-electron chi connectivity index (χ4n) is 1.77. The third-order valence-corrected chi connectivity index (χ3v) is 4.19. The Hall–Kier alpha value is -1.77. The maximum absolute atomic E-state index is 12.1. The fourth-order valence-corrected chi connectivity index (χ4v) is 2.52. The Bertz CT molecular complexity index is 583. The minimum absolute atomic E-state index is 0.0462. The van der Waals surface area contributed by atoms with Crippen LogP contribution < -0.4 is 5.32 Å². The lowest BCUT2D eigenvalue weighted by atomic mass is 9.99. The Morgan fingerprint density at radius 3 is 2.48 bits per heavy atom. The van der Waals surface area contributed by atoms with E-state index in [1.807, 2.05) is 13.8 Å². The van der Waals surface area contributed by atoms with Gasteiger partial charge < -0.3 is 19.4 Å². The van der Waals surface area contributed by atoms with Crippen LogP contribution in [0.15, 0.2) is 9.64 Å². The van der Waals surface area contributed by atoms with Gasteiger partial charge in [0.25, 0.3) is 5.22 Å². The van der Waals surface area contributed by atoms with Crippen molar-refractivity contribution < 1.29 is 18.7 Å². The van der Waals surface area contributed by atoms with Crippen molar-refractivity contribution in [1.82, 2.24) is 20.4 Å². The molecule has 0 aliphatic rings. The quantitative estimate of drug-likeness (QED) is 0.735. The number of thioether (sulfide) groups is 1. The van der Waals surface area contributed by atoms with Crippen LogP contribution >= 0.6 is 11.8 Å². The number of carbonyl (C=O) groups is 2. The Labute approximate surface area is 153 Å². The first-order valence-corrected chi connectivity index (χ1v) is 9.18. The second kappa shape index (κ2) is 9.07. The van der Waals surface area contributed by atoms with Gasteiger partial charge in [-0.25, -0.2) is 4.79 Å². The zero-order valence-corrected chi connectivity index (χ0v) is 16.8. The SMILES string of the molecule is CC[C@H](C)[C@H](NC(=O)OC(C)(C)C)c1nnc(SCC(=O)N(C)C)o1. The Morgan fingerprint density at radius 1 is 1.32 bits per heavy atom. The lowest BCUT2D eigenvalue weighted by Gasteiger charge is -2.24. The molecule has 25 heavy (non-hydrogen) atoms. The van der Waals surface area contributed by atoms with Crippen molar-refractivity contribution in [2.45, 2.75) is 57.9 Å². The van der Waals surface area contributed by atoms with E-state index in [-0.39, 0.29) is 17.6 Å². The van der Waals surface area contributed by atoms with Gasteiger partial charge in [0, 0.05) is 14.1 Å². The number of amides is 2. The molecule has 0 aliphatic carbocycles. The highest BCUT2D eigenvalue weighted by Crippen LogP contribution is 2.26. The molecule has 8 nitrogen and oxygen atoms in total. The van der Waals surface area contributed by atoms with Gasteiger partial charge in [-0.3, -0.25) is 4.79 Å². The third-order valence-electron chi connectivity index (χ3n) is 3.39. The highest BCUT2D eigenvalue weighted by atomic mass is 32.2. The Balaban J connectivity index is 2.80. The van der Waals surface area contributed by atoms with Crippen LogP contribution in [0.4, 0.5) is 4.79 Å². The van der Waals surface area contributed by atoms with Crippen LogP contribution in [0.2, 0.25) is 0 Å². The topological polar surface area (TPSA) is 97.6 Å². The summed E-state index contributed by atoms with van der Waals surface area (Å²) in [5.74, 6) is 0.548. The first-order chi connectivity index (χ1) is 11.5. The molecule has 0 spiro atoms. The molecular formula is C16H28N4O4S. The average Bonchev–Trinajstić information content (AvgIpc) is 2.96. The van der Waals surface area contributed by atoms with Gasteiger partial charge >= 0.3 is 6.09 Å². The standard InChI is InChI=1S/C16H28N4O4S/c1-8-10(2)12(17-14(22)24-16(3,4)5)13-18-19-15(23-13)25-9-11(21)20(6)7/h10,12H,8-9H2,1-7H3,(H,17,22)/t10-,12-/m0/s1. The number of hydrogen-bond donors (Lipinski definition) is 1. The lowest BCUT2D eigenvalue weighted by molar-refractivity contribution is -0.125. The first-order valence-electron chi connectivity index (χ1n) is 8.19. The van der Waals surface area contributed by atoms with Gasteiger partial charge in [0.2, 0.25) is 11.8 Å². The van der Waals surface area contributed by atoms with Gasteiger partial charge in [0.1, 0.15) is 11.6 Å². The maximum atomic E-state index is 12.1. The smallest absolute Gasteiger partial charge is 0.408 e. The molecule has 0 unspecified atom stereocenters. The molecule has 0 aliphatic heterocycles. The summed E-state index contributed by atoms with van der Waals surface area (Å²) >= 11 is 1.17. The minimum Gasteiger partial charge on any atom is -0.444 e. The van der Waals surface area contributed by atoms with Crippen molar-refractivity contribution in [1.29, 1.82) is 0 Å². The number of nitrogens with one attached hydrogen (secondary N) is 1. The number of rotatable bonds is 7. The predicted octanol–water partition coefficient (Wildman–Crippen LogP) is 2.86. The van der Waals surface area contributed by atoms with Crippen molar-refractivity contribution in [3.05, 3.63) is 5.89 Å². The van der Waals surface area contributed by atoms with E-state index in [0.717, 1.165) is 6.42 Å². The summed E-state index contributed by atoms with van der Waals surface area (Å²) < 4.78 is 10.9. The molecule has 2 atom stereocenters. The molecule has 9 heteroatoms. The van der Waals surface area contributed by atoms with Crippen molar-refractivity contribution in [3.8, 4) is 0 Å². The monoisotopic (exact) mass is 372 g/mol. The zero-order valence-electron chi connectivity index (χ0n) is 16.0. The molecule has 2 amide bonds. The summed E-state index contributed by atoms with van der Waals surface area (Å²) in [7, 11) is 3.37. The molecule has 0 saturated carbocycles. The molecule has 142 valence electrons. The molecule has 1 aromatic rings. The lowest BCUT2D eigenvalue weighted by Crippen LogP contribution is -2.37. The van der Waals surface area contributed by atoms with Gasteiger partial charge in [-0.05, 0) is 26.7 Å². The van der Waals surface area contributed by atoms with Gasteiger partial charge in [0.05, 0.1) is 5.75 Å². The van der Waals surface area contributed by atoms with Crippen molar-refractivity contribution >= 4 is 23.8 Å². The van der Waals surface area contributed by atoms with E-state index in [2.05, 4.69) is 15.5 Å². The zero-order chi connectivity index (χ0) is 19.2. The molecule has 1 heterocycles. The van der Waals surface area contributed by atoms with Crippen molar-refractivity contribution in [3.63, 3.8) is 0 Å².